The third-order valence-electron chi connectivity index (χ3n) is 3.73. The lowest BCUT2D eigenvalue weighted by atomic mass is 10.0. The van der Waals surface area contributed by atoms with Gasteiger partial charge in [0.05, 0.1) is 13.0 Å². The second-order valence-electron chi connectivity index (χ2n) is 6.34. The molecule has 0 bridgehead atoms. The summed E-state index contributed by atoms with van der Waals surface area (Å²) in [5, 5.41) is 13.9. The van der Waals surface area contributed by atoms with Crippen LogP contribution in [0.15, 0.2) is 30.3 Å². The minimum atomic E-state index is -1.46. The normalized spacial score (nSPS) is 12.6. The Balaban J connectivity index is 2.66. The third kappa shape index (κ3) is 8.07. The van der Waals surface area contributed by atoms with Crippen LogP contribution in [0.25, 0.3) is 0 Å². The number of amides is 2. The molecule has 0 saturated carbocycles. The number of nitrogens with one attached hydrogen (secondary N) is 2. The molecule has 0 aliphatic heterocycles. The number of hydrogen-bond donors (Lipinski definition) is 3. The average molecular weight is 394 g/mol. The third-order valence-corrected chi connectivity index (χ3v) is 3.73. The molecule has 9 nitrogen and oxygen atoms in total. The van der Waals surface area contributed by atoms with Gasteiger partial charge in [0.1, 0.15) is 18.7 Å². The van der Waals surface area contributed by atoms with Crippen molar-refractivity contribution in [1.82, 2.24) is 10.6 Å². The van der Waals surface area contributed by atoms with E-state index in [9.17, 15) is 24.3 Å². The zero-order chi connectivity index (χ0) is 21.1. The standard InChI is InChI=1S/C19H26N2O7/c1-4-27-15(22)10-14(18(24)25)20-17(23)16(12(2)3)21-19(26)28-11-13-8-6-5-7-9-13/h5-9,12,14,16H,4,10-11H2,1-3H3,(H,20,23)(H,21,26)(H,24,25)/t14-,16-/m0/s1. The van der Waals surface area contributed by atoms with Gasteiger partial charge in [0.25, 0.3) is 0 Å². The number of ether oxygens (including phenoxy) is 2. The van der Waals surface area contributed by atoms with Gasteiger partial charge in [-0.2, -0.15) is 0 Å². The van der Waals surface area contributed by atoms with E-state index < -0.39 is 42.4 Å². The molecule has 3 N–H and O–H groups in total. The lowest BCUT2D eigenvalue weighted by Gasteiger charge is -2.23. The van der Waals surface area contributed by atoms with Crippen molar-refractivity contribution in [1.29, 1.82) is 0 Å². The number of carbonyl (C=O) groups excluding carboxylic acids is 3. The van der Waals surface area contributed by atoms with Gasteiger partial charge in [-0.15, -0.1) is 0 Å². The predicted octanol–water partition coefficient (Wildman–Crippen LogP) is 1.46. The highest BCUT2D eigenvalue weighted by Crippen LogP contribution is 2.06. The van der Waals surface area contributed by atoms with Crippen LogP contribution < -0.4 is 10.6 Å². The molecule has 0 unspecified atom stereocenters. The largest absolute Gasteiger partial charge is 0.480 e. The Morgan fingerprint density at radius 1 is 1.04 bits per heavy atom. The Hall–Kier alpha value is -3.10. The van der Waals surface area contributed by atoms with E-state index in [1.165, 1.54) is 0 Å². The number of hydrogen-bond acceptors (Lipinski definition) is 6. The van der Waals surface area contributed by atoms with Crippen molar-refractivity contribution in [3.63, 3.8) is 0 Å². The molecule has 0 heterocycles. The highest BCUT2D eigenvalue weighted by molar-refractivity contribution is 5.91. The molecule has 0 saturated heterocycles. The number of esters is 1. The van der Waals surface area contributed by atoms with Gasteiger partial charge in [0, 0.05) is 0 Å². The fourth-order valence-electron chi connectivity index (χ4n) is 2.27. The topological polar surface area (TPSA) is 131 Å². The van der Waals surface area contributed by atoms with E-state index in [0.29, 0.717) is 0 Å². The number of carboxylic acids is 1. The lowest BCUT2D eigenvalue weighted by Crippen LogP contribution is -2.54. The summed E-state index contributed by atoms with van der Waals surface area (Å²) in [4.78, 5) is 47.3. The van der Waals surface area contributed by atoms with E-state index in [1.807, 2.05) is 6.07 Å². The number of carbonyl (C=O) groups is 4. The Morgan fingerprint density at radius 2 is 1.68 bits per heavy atom. The Kier molecular flexibility index (Phi) is 9.49. The fraction of sp³-hybridized carbons (Fsp3) is 0.474. The SMILES string of the molecule is CCOC(=O)C[C@H](NC(=O)[C@@H](NC(=O)OCc1ccccc1)C(C)C)C(=O)O. The van der Waals surface area contributed by atoms with Crippen molar-refractivity contribution in [3.8, 4) is 0 Å². The molecule has 0 aliphatic rings. The predicted molar refractivity (Wildman–Crippen MR) is 99.2 cm³/mol. The van der Waals surface area contributed by atoms with Crippen molar-refractivity contribution in [2.75, 3.05) is 6.61 Å². The fourth-order valence-corrected chi connectivity index (χ4v) is 2.27. The molecule has 0 fully saturated rings. The van der Waals surface area contributed by atoms with Crippen molar-refractivity contribution in [3.05, 3.63) is 35.9 Å². The quantitative estimate of drug-likeness (QED) is 0.512. The first kappa shape index (κ1) is 22.9. The Labute approximate surface area is 163 Å². The summed E-state index contributed by atoms with van der Waals surface area (Å²) in [6, 6.07) is 6.51. The summed E-state index contributed by atoms with van der Waals surface area (Å²) in [5.41, 5.74) is 0.781. The van der Waals surface area contributed by atoms with Crippen LogP contribution in [0.1, 0.15) is 32.8 Å². The van der Waals surface area contributed by atoms with Gasteiger partial charge in [-0.1, -0.05) is 44.2 Å². The highest BCUT2D eigenvalue weighted by Gasteiger charge is 2.30. The maximum atomic E-state index is 12.5. The molecule has 0 radical (unpaired) electrons. The molecule has 1 aromatic carbocycles. The molecule has 1 rings (SSSR count). The number of rotatable bonds is 10. The van der Waals surface area contributed by atoms with E-state index >= 15 is 0 Å². The second kappa shape index (κ2) is 11.6. The first-order chi connectivity index (χ1) is 13.2. The van der Waals surface area contributed by atoms with Crippen molar-refractivity contribution < 1.29 is 33.8 Å². The molecule has 0 aliphatic carbocycles. The average Bonchev–Trinajstić information content (AvgIpc) is 2.64. The number of alkyl carbamates (subject to hydrolysis) is 1. The van der Waals surface area contributed by atoms with E-state index in [-0.39, 0.29) is 19.1 Å². The van der Waals surface area contributed by atoms with Gasteiger partial charge in [-0.25, -0.2) is 9.59 Å². The van der Waals surface area contributed by atoms with Crippen LogP contribution in [0.3, 0.4) is 0 Å². The molecule has 2 atom stereocenters. The molecular weight excluding hydrogens is 368 g/mol. The van der Waals surface area contributed by atoms with Crippen LogP contribution in [0.4, 0.5) is 4.79 Å². The van der Waals surface area contributed by atoms with Gasteiger partial charge in [-0.05, 0) is 18.4 Å². The van der Waals surface area contributed by atoms with Crippen LogP contribution in [-0.2, 0) is 30.5 Å². The molecule has 154 valence electrons. The first-order valence-electron chi connectivity index (χ1n) is 8.90. The summed E-state index contributed by atoms with van der Waals surface area (Å²) in [7, 11) is 0. The molecule has 9 heteroatoms. The summed E-state index contributed by atoms with van der Waals surface area (Å²) < 4.78 is 9.79. The van der Waals surface area contributed by atoms with Crippen LogP contribution >= 0.6 is 0 Å². The number of carboxylic acid groups (broad SMARTS) is 1. The van der Waals surface area contributed by atoms with Gasteiger partial charge in [0.15, 0.2) is 0 Å². The second-order valence-corrected chi connectivity index (χ2v) is 6.34. The lowest BCUT2D eigenvalue weighted by molar-refractivity contribution is -0.150. The van der Waals surface area contributed by atoms with Crippen molar-refractivity contribution >= 4 is 23.9 Å². The Bertz CT molecular complexity index is 676. The minimum absolute atomic E-state index is 0.0275. The zero-order valence-electron chi connectivity index (χ0n) is 16.1. The van der Waals surface area contributed by atoms with E-state index in [0.717, 1.165) is 5.56 Å². The first-order valence-corrected chi connectivity index (χ1v) is 8.90. The molecule has 0 aromatic heterocycles. The maximum absolute atomic E-state index is 12.5. The van der Waals surface area contributed by atoms with Gasteiger partial charge >= 0.3 is 18.0 Å². The van der Waals surface area contributed by atoms with Crippen LogP contribution in [0.2, 0.25) is 0 Å². The van der Waals surface area contributed by atoms with Crippen molar-refractivity contribution in [2.45, 2.75) is 45.9 Å². The summed E-state index contributed by atoms with van der Waals surface area (Å²) in [5.74, 6) is -3.20. The highest BCUT2D eigenvalue weighted by atomic mass is 16.5. The van der Waals surface area contributed by atoms with E-state index in [1.54, 1.807) is 45.0 Å². The summed E-state index contributed by atoms with van der Waals surface area (Å²) in [6.45, 7) is 5.08. The van der Waals surface area contributed by atoms with Crippen LogP contribution in [0.5, 0.6) is 0 Å². The smallest absolute Gasteiger partial charge is 0.408 e. The van der Waals surface area contributed by atoms with E-state index in [4.69, 9.17) is 9.47 Å². The number of aliphatic carboxylic acids is 1. The molecular formula is C19H26N2O7. The van der Waals surface area contributed by atoms with Gasteiger partial charge < -0.3 is 25.2 Å². The zero-order valence-corrected chi connectivity index (χ0v) is 16.1. The minimum Gasteiger partial charge on any atom is -0.480 e. The van der Waals surface area contributed by atoms with Crippen LogP contribution in [-0.4, -0.2) is 47.7 Å². The van der Waals surface area contributed by atoms with E-state index in [2.05, 4.69) is 10.6 Å². The van der Waals surface area contributed by atoms with Crippen LogP contribution in [0, 0.1) is 5.92 Å². The van der Waals surface area contributed by atoms with Gasteiger partial charge in [-0.3, -0.25) is 9.59 Å². The molecule has 2 amide bonds. The monoisotopic (exact) mass is 394 g/mol. The van der Waals surface area contributed by atoms with Crippen molar-refractivity contribution in [2.24, 2.45) is 5.92 Å². The summed E-state index contributed by atoms with van der Waals surface area (Å²) in [6.07, 6.45) is -1.33. The molecule has 28 heavy (non-hydrogen) atoms. The molecule has 0 spiro atoms. The maximum Gasteiger partial charge on any atom is 0.408 e. The summed E-state index contributed by atoms with van der Waals surface area (Å²) >= 11 is 0. The molecule has 1 aromatic rings. The number of benzene rings is 1. The van der Waals surface area contributed by atoms with Gasteiger partial charge in [0.2, 0.25) is 5.91 Å². The Morgan fingerprint density at radius 3 is 2.21 bits per heavy atom.